The number of aliphatic hydroxyl groups is 1. The standard InChI is InChI=1S/C34H49F2N5O6Si/c1-23(24-10-9-11-25(18-24)34(35,36)21-42)38-31(43)26-19-28(39-12-14-40(15-13-39)32(44)47-33(2,3)4)30(45-5)27-20-37-41(29(26)27)22-46-16-17-48(6,7)8/h9-11,18-20,23,42H,12-17,21-22H2,1-8H3,(H,38,43). The first kappa shape index (κ1) is 37.1. The minimum Gasteiger partial charge on any atom is -0.494 e. The average Bonchev–Trinajstić information content (AvgIpc) is 3.45. The predicted octanol–water partition coefficient (Wildman–Crippen LogP) is 5.99. The zero-order valence-corrected chi connectivity index (χ0v) is 30.2. The molecular formula is C34H49F2N5O6Si. The first-order chi connectivity index (χ1) is 22.4. The van der Waals surface area contributed by atoms with E-state index in [1.807, 2.05) is 20.8 Å². The van der Waals surface area contributed by atoms with E-state index in [2.05, 4.69) is 35.0 Å². The Hall–Kier alpha value is -3.75. The Morgan fingerprint density at radius 3 is 2.40 bits per heavy atom. The second-order valence-corrected chi connectivity index (χ2v) is 20.0. The number of aliphatic hydroxyl groups excluding tert-OH is 1. The van der Waals surface area contributed by atoms with Gasteiger partial charge in [0.2, 0.25) is 0 Å². The van der Waals surface area contributed by atoms with Crippen LogP contribution in [0.15, 0.2) is 36.5 Å². The molecule has 0 bridgehead atoms. The number of benzene rings is 2. The Kier molecular flexibility index (Phi) is 11.4. The molecular weight excluding hydrogens is 640 g/mol. The predicted molar refractivity (Wildman–Crippen MR) is 184 cm³/mol. The number of rotatable bonds is 12. The van der Waals surface area contributed by atoms with Crippen LogP contribution in [0.1, 0.15) is 55.2 Å². The number of methoxy groups -OCH3 is 1. The highest BCUT2D eigenvalue weighted by atomic mass is 28.3. The average molecular weight is 690 g/mol. The van der Waals surface area contributed by atoms with Crippen molar-refractivity contribution in [1.82, 2.24) is 20.0 Å². The normalized spacial score (nSPS) is 15.1. The molecule has 264 valence electrons. The number of fused-ring (bicyclic) bond motifs is 1. The van der Waals surface area contributed by atoms with Crippen molar-refractivity contribution in [3.05, 3.63) is 53.2 Å². The van der Waals surface area contributed by atoms with Gasteiger partial charge in [-0.3, -0.25) is 4.79 Å². The molecule has 0 aliphatic carbocycles. The Morgan fingerprint density at radius 1 is 1.10 bits per heavy atom. The zero-order valence-electron chi connectivity index (χ0n) is 29.2. The molecule has 0 saturated carbocycles. The third-order valence-corrected chi connectivity index (χ3v) is 9.84. The van der Waals surface area contributed by atoms with Crippen LogP contribution in [0.2, 0.25) is 25.7 Å². The summed E-state index contributed by atoms with van der Waals surface area (Å²) in [6, 6.07) is 7.74. The molecule has 1 saturated heterocycles. The number of hydrogen-bond donors (Lipinski definition) is 2. The Bertz CT molecular complexity index is 1600. The number of carbonyl (C=O) groups is 2. The molecule has 1 atom stereocenters. The van der Waals surface area contributed by atoms with Crippen LogP contribution in [0.4, 0.5) is 19.3 Å². The van der Waals surface area contributed by atoms with Crippen molar-refractivity contribution in [2.45, 2.75) is 77.7 Å². The van der Waals surface area contributed by atoms with Crippen molar-refractivity contribution in [1.29, 1.82) is 0 Å². The van der Waals surface area contributed by atoms with Crippen molar-refractivity contribution in [3.8, 4) is 5.75 Å². The number of nitrogens with one attached hydrogen (secondary N) is 1. The summed E-state index contributed by atoms with van der Waals surface area (Å²) in [5.74, 6) is -3.31. The van der Waals surface area contributed by atoms with E-state index in [4.69, 9.17) is 14.2 Å². The lowest BCUT2D eigenvalue weighted by Crippen LogP contribution is -2.50. The lowest BCUT2D eigenvalue weighted by molar-refractivity contribution is -0.0556. The van der Waals surface area contributed by atoms with Crippen LogP contribution < -0.4 is 15.0 Å². The third kappa shape index (κ3) is 9.02. The van der Waals surface area contributed by atoms with Gasteiger partial charge in [-0.1, -0.05) is 37.8 Å². The van der Waals surface area contributed by atoms with Crippen molar-refractivity contribution < 1.29 is 37.7 Å². The number of amides is 2. The van der Waals surface area contributed by atoms with Gasteiger partial charge in [0.1, 0.15) is 18.9 Å². The zero-order chi connectivity index (χ0) is 35.4. The van der Waals surface area contributed by atoms with Gasteiger partial charge >= 0.3 is 6.09 Å². The smallest absolute Gasteiger partial charge is 0.410 e. The number of ether oxygens (including phenoxy) is 3. The first-order valence-electron chi connectivity index (χ1n) is 16.2. The van der Waals surface area contributed by atoms with Gasteiger partial charge in [-0.05, 0) is 51.4 Å². The first-order valence-corrected chi connectivity index (χ1v) is 19.9. The Labute approximate surface area is 282 Å². The fourth-order valence-corrected chi connectivity index (χ4v) is 6.19. The molecule has 0 radical (unpaired) electrons. The van der Waals surface area contributed by atoms with Gasteiger partial charge in [-0.25, -0.2) is 9.48 Å². The number of piperazine rings is 1. The lowest BCUT2D eigenvalue weighted by atomic mass is 10.0. The highest BCUT2D eigenvalue weighted by molar-refractivity contribution is 6.76. The fraction of sp³-hybridized carbons (Fsp3) is 0.559. The van der Waals surface area contributed by atoms with Crippen LogP contribution in [-0.4, -0.2) is 92.0 Å². The number of anilines is 1. The Balaban J connectivity index is 1.68. The van der Waals surface area contributed by atoms with Gasteiger partial charge in [0.25, 0.3) is 11.8 Å². The molecule has 2 aromatic carbocycles. The van der Waals surface area contributed by atoms with E-state index in [0.29, 0.717) is 66.3 Å². The SMILES string of the molecule is COc1c(N2CCN(C(=O)OC(C)(C)C)CC2)cc(C(=O)NC(C)c2cccc(C(F)(F)CO)c2)c2c1cnn2COCC[Si](C)(C)C. The summed E-state index contributed by atoms with van der Waals surface area (Å²) in [7, 11) is 0.229. The summed E-state index contributed by atoms with van der Waals surface area (Å²) in [5, 5.41) is 17.3. The van der Waals surface area contributed by atoms with Crippen LogP contribution in [0, 0.1) is 0 Å². The number of alkyl halides is 2. The van der Waals surface area contributed by atoms with E-state index in [0.717, 1.165) is 6.04 Å². The van der Waals surface area contributed by atoms with Gasteiger partial charge in [-0.15, -0.1) is 0 Å². The monoisotopic (exact) mass is 689 g/mol. The van der Waals surface area contributed by atoms with Crippen molar-refractivity contribution in [2.75, 3.05) is 51.4 Å². The van der Waals surface area contributed by atoms with Gasteiger partial charge in [0.15, 0.2) is 5.75 Å². The lowest BCUT2D eigenvalue weighted by Gasteiger charge is -2.37. The number of nitrogens with zero attached hydrogens (tertiary/aromatic N) is 4. The summed E-state index contributed by atoms with van der Waals surface area (Å²) < 4.78 is 47.6. The molecule has 2 N–H and O–H groups in total. The maximum Gasteiger partial charge on any atom is 0.410 e. The van der Waals surface area contributed by atoms with E-state index >= 15 is 0 Å². The van der Waals surface area contributed by atoms with Crippen LogP contribution in [-0.2, 0) is 22.1 Å². The van der Waals surface area contributed by atoms with Crippen LogP contribution in [0.25, 0.3) is 10.9 Å². The van der Waals surface area contributed by atoms with E-state index in [1.165, 1.54) is 18.2 Å². The molecule has 0 spiro atoms. The molecule has 1 fully saturated rings. The maximum atomic E-state index is 14.3. The quantitative estimate of drug-likeness (QED) is 0.176. The molecule has 3 aromatic rings. The summed E-state index contributed by atoms with van der Waals surface area (Å²) in [5.41, 5.74) is 1.00. The van der Waals surface area contributed by atoms with Crippen molar-refractivity contribution >= 4 is 36.7 Å². The molecule has 1 aliphatic rings. The van der Waals surface area contributed by atoms with Crippen LogP contribution in [0.5, 0.6) is 5.75 Å². The molecule has 1 unspecified atom stereocenters. The number of carbonyl (C=O) groups excluding carboxylic acids is 2. The second-order valence-electron chi connectivity index (χ2n) is 14.4. The topological polar surface area (TPSA) is 118 Å². The molecule has 11 nitrogen and oxygen atoms in total. The van der Waals surface area contributed by atoms with Gasteiger partial charge in [0.05, 0.1) is 41.5 Å². The van der Waals surface area contributed by atoms with E-state index in [-0.39, 0.29) is 18.4 Å². The molecule has 48 heavy (non-hydrogen) atoms. The fourth-order valence-electron chi connectivity index (χ4n) is 5.43. The number of aromatic nitrogens is 2. The van der Waals surface area contributed by atoms with Gasteiger partial charge < -0.3 is 34.4 Å². The van der Waals surface area contributed by atoms with Crippen LogP contribution >= 0.6 is 0 Å². The minimum absolute atomic E-state index is 0.124. The highest BCUT2D eigenvalue weighted by Gasteiger charge is 2.32. The summed E-state index contributed by atoms with van der Waals surface area (Å²) in [4.78, 5) is 30.5. The van der Waals surface area contributed by atoms with Crippen molar-refractivity contribution in [2.24, 2.45) is 0 Å². The summed E-state index contributed by atoms with van der Waals surface area (Å²) >= 11 is 0. The molecule has 1 aliphatic heterocycles. The van der Waals surface area contributed by atoms with E-state index in [1.54, 1.807) is 41.9 Å². The van der Waals surface area contributed by atoms with E-state index in [9.17, 15) is 23.5 Å². The van der Waals surface area contributed by atoms with Gasteiger partial charge in [0, 0.05) is 46.4 Å². The molecule has 2 amide bonds. The summed E-state index contributed by atoms with van der Waals surface area (Å²) in [6.07, 6.45) is 1.27. The minimum atomic E-state index is -3.41. The molecule has 1 aromatic heterocycles. The van der Waals surface area contributed by atoms with E-state index < -0.39 is 38.2 Å². The van der Waals surface area contributed by atoms with Crippen LogP contribution in [0.3, 0.4) is 0 Å². The largest absolute Gasteiger partial charge is 0.494 e. The van der Waals surface area contributed by atoms with Crippen molar-refractivity contribution in [3.63, 3.8) is 0 Å². The molecule has 14 heteroatoms. The van der Waals surface area contributed by atoms with Gasteiger partial charge in [-0.2, -0.15) is 13.9 Å². The summed E-state index contributed by atoms with van der Waals surface area (Å²) in [6.45, 7) is 15.1. The maximum absolute atomic E-state index is 14.3. The molecule has 4 rings (SSSR count). The Morgan fingerprint density at radius 2 is 1.79 bits per heavy atom. The highest BCUT2D eigenvalue weighted by Crippen LogP contribution is 2.39. The second kappa shape index (κ2) is 14.8. The number of hydrogen-bond acceptors (Lipinski definition) is 8. The molecule has 2 heterocycles. The third-order valence-electron chi connectivity index (χ3n) is 8.14. The number of halogens is 2.